The van der Waals surface area contributed by atoms with Crippen LogP contribution in [0.25, 0.3) is 0 Å². The maximum atomic E-state index is 14.0. The van der Waals surface area contributed by atoms with Crippen LogP contribution in [0.3, 0.4) is 0 Å². The van der Waals surface area contributed by atoms with Crippen LogP contribution >= 0.6 is 0 Å². The molecule has 5 amide bonds. The molecule has 0 bridgehead atoms. The average molecular weight is 742 g/mol. The Kier molecular flexibility index (Phi) is 18.2. The van der Waals surface area contributed by atoms with Gasteiger partial charge in [-0.2, -0.15) is 0 Å². The summed E-state index contributed by atoms with van der Waals surface area (Å²) >= 11 is 0. The summed E-state index contributed by atoms with van der Waals surface area (Å²) in [6.45, 7) is 11.7. The fourth-order valence-corrected chi connectivity index (χ4v) is 5.69. The number of nitrogens with zero attached hydrogens (tertiary/aromatic N) is 2. The van der Waals surface area contributed by atoms with Crippen molar-refractivity contribution in [3.8, 4) is 0 Å². The van der Waals surface area contributed by atoms with Crippen LogP contribution in [0.1, 0.15) is 86.1 Å². The van der Waals surface area contributed by atoms with Crippen molar-refractivity contribution >= 4 is 41.5 Å². The summed E-state index contributed by atoms with van der Waals surface area (Å²) in [4.78, 5) is 96.0. The Morgan fingerprint density at radius 3 is 2.11 bits per heavy atom. The molecular formula is C39H59N5O9. The molecule has 14 heteroatoms. The van der Waals surface area contributed by atoms with E-state index in [0.717, 1.165) is 5.56 Å². The third kappa shape index (κ3) is 14.3. The number of esters is 2. The molecule has 294 valence electrons. The fourth-order valence-electron chi connectivity index (χ4n) is 5.69. The van der Waals surface area contributed by atoms with E-state index in [1.165, 1.54) is 37.7 Å². The van der Waals surface area contributed by atoms with Crippen molar-refractivity contribution in [1.82, 2.24) is 25.8 Å². The number of benzene rings is 1. The maximum Gasteiger partial charge on any atom is 0.334 e. The number of ether oxygens (including phenoxy) is 2. The van der Waals surface area contributed by atoms with Crippen LogP contribution in [0.2, 0.25) is 0 Å². The Morgan fingerprint density at radius 2 is 1.49 bits per heavy atom. The largest absolute Gasteiger partial charge is 0.464 e. The maximum absolute atomic E-state index is 14.0. The van der Waals surface area contributed by atoms with E-state index in [9.17, 15) is 33.6 Å². The molecule has 1 heterocycles. The van der Waals surface area contributed by atoms with Gasteiger partial charge in [0.15, 0.2) is 6.10 Å². The molecule has 1 aromatic rings. The number of carbonyl (C=O) groups is 7. The van der Waals surface area contributed by atoms with Crippen LogP contribution in [0.5, 0.6) is 0 Å². The highest BCUT2D eigenvalue weighted by Gasteiger charge is 2.35. The van der Waals surface area contributed by atoms with Crippen LogP contribution in [0.15, 0.2) is 42.0 Å². The molecule has 0 radical (unpaired) electrons. The third-order valence-corrected chi connectivity index (χ3v) is 9.23. The third-order valence-electron chi connectivity index (χ3n) is 9.23. The van der Waals surface area contributed by atoms with E-state index >= 15 is 0 Å². The van der Waals surface area contributed by atoms with Gasteiger partial charge in [-0.15, -0.1) is 0 Å². The second-order valence-electron chi connectivity index (χ2n) is 14.3. The van der Waals surface area contributed by atoms with Crippen molar-refractivity contribution in [3.05, 3.63) is 47.5 Å². The highest BCUT2D eigenvalue weighted by atomic mass is 16.5. The summed E-state index contributed by atoms with van der Waals surface area (Å²) in [7, 11) is 2.88. The average Bonchev–Trinajstić information content (AvgIpc) is 3.11. The van der Waals surface area contributed by atoms with E-state index in [-0.39, 0.29) is 31.3 Å². The molecule has 0 aromatic heterocycles. The van der Waals surface area contributed by atoms with Gasteiger partial charge in [0.1, 0.15) is 24.2 Å². The van der Waals surface area contributed by atoms with Crippen molar-refractivity contribution in [2.45, 2.75) is 117 Å². The molecule has 2 unspecified atom stereocenters. The minimum atomic E-state index is -1.17. The summed E-state index contributed by atoms with van der Waals surface area (Å²) in [6, 6.07) is 4.90. The van der Waals surface area contributed by atoms with Crippen LogP contribution in [0, 0.1) is 11.8 Å². The van der Waals surface area contributed by atoms with E-state index < -0.39 is 78.3 Å². The molecule has 0 spiro atoms. The molecule has 0 saturated heterocycles. The molecule has 6 atom stereocenters. The quantitative estimate of drug-likeness (QED) is 0.370. The Labute approximate surface area is 313 Å². The van der Waals surface area contributed by atoms with Crippen molar-refractivity contribution in [3.63, 3.8) is 0 Å². The predicted molar refractivity (Wildman–Crippen MR) is 199 cm³/mol. The number of nitrogens with one attached hydrogen (secondary N) is 3. The monoisotopic (exact) mass is 741 g/mol. The molecule has 14 nitrogen and oxygen atoms in total. The van der Waals surface area contributed by atoms with Gasteiger partial charge in [-0.1, -0.05) is 70.5 Å². The van der Waals surface area contributed by atoms with E-state index in [2.05, 4.69) is 16.0 Å². The van der Waals surface area contributed by atoms with Crippen LogP contribution < -0.4 is 16.0 Å². The molecule has 53 heavy (non-hydrogen) atoms. The second-order valence-corrected chi connectivity index (χ2v) is 14.3. The minimum Gasteiger partial charge on any atom is -0.464 e. The lowest BCUT2D eigenvalue weighted by Gasteiger charge is -2.33. The smallest absolute Gasteiger partial charge is 0.334 e. The molecule has 3 N–H and O–H groups in total. The molecule has 1 aromatic carbocycles. The Hall–Kier alpha value is -4.75. The lowest BCUT2D eigenvalue weighted by atomic mass is 9.98. The van der Waals surface area contributed by atoms with Crippen molar-refractivity contribution in [2.24, 2.45) is 11.8 Å². The summed E-state index contributed by atoms with van der Waals surface area (Å²) in [5, 5.41) is 8.02. The van der Waals surface area contributed by atoms with Gasteiger partial charge < -0.3 is 35.2 Å². The SMILES string of the molecule is CCC(C)C1NC(=O)CN(C)C(=O)[C@@H](Cc2ccccc2)N(C)C(=O)[C@H](C)NC(=O)[C@@H](CC(C)C)OC(=O)/C(C)=C/CCCCOC(=O)[C@@H](C)NC1=O. The second kappa shape index (κ2) is 21.7. The van der Waals surface area contributed by atoms with Gasteiger partial charge in [0.05, 0.1) is 13.2 Å². The number of allylic oxidation sites excluding steroid dienone is 1. The molecule has 2 rings (SSSR count). The zero-order valence-electron chi connectivity index (χ0n) is 32.7. The molecular weight excluding hydrogens is 682 g/mol. The lowest BCUT2D eigenvalue weighted by Crippen LogP contribution is -2.57. The first-order chi connectivity index (χ1) is 25.0. The van der Waals surface area contributed by atoms with Crippen molar-refractivity contribution < 1.29 is 43.0 Å². The van der Waals surface area contributed by atoms with Crippen LogP contribution in [-0.2, 0) is 49.5 Å². The van der Waals surface area contributed by atoms with Gasteiger partial charge in [0, 0.05) is 26.1 Å². The summed E-state index contributed by atoms with van der Waals surface area (Å²) in [6.07, 6.45) is 2.95. The first-order valence-electron chi connectivity index (χ1n) is 18.5. The highest BCUT2D eigenvalue weighted by Crippen LogP contribution is 2.16. The first kappa shape index (κ1) is 44.4. The predicted octanol–water partition coefficient (Wildman–Crippen LogP) is 2.69. The van der Waals surface area contributed by atoms with Crippen LogP contribution in [0.4, 0.5) is 0 Å². The van der Waals surface area contributed by atoms with Crippen LogP contribution in [-0.4, -0.2) is 109 Å². The van der Waals surface area contributed by atoms with Gasteiger partial charge in [0.2, 0.25) is 23.6 Å². The van der Waals surface area contributed by atoms with E-state index in [0.29, 0.717) is 31.3 Å². The zero-order valence-corrected chi connectivity index (χ0v) is 32.7. The van der Waals surface area contributed by atoms with Gasteiger partial charge in [-0.25, -0.2) is 9.59 Å². The molecule has 1 aliphatic rings. The number of hydrogen-bond donors (Lipinski definition) is 3. The van der Waals surface area contributed by atoms with Crippen molar-refractivity contribution in [2.75, 3.05) is 27.2 Å². The number of carbonyl (C=O) groups excluding carboxylic acids is 7. The first-order valence-corrected chi connectivity index (χ1v) is 18.5. The Balaban J connectivity index is 2.46. The van der Waals surface area contributed by atoms with Gasteiger partial charge in [-0.3, -0.25) is 24.0 Å². The number of rotatable bonds is 6. The van der Waals surface area contributed by atoms with Crippen molar-refractivity contribution in [1.29, 1.82) is 0 Å². The minimum absolute atomic E-state index is 0.0170. The van der Waals surface area contributed by atoms with E-state index in [1.807, 2.05) is 39.0 Å². The molecule has 0 fully saturated rings. The topological polar surface area (TPSA) is 181 Å². The summed E-state index contributed by atoms with van der Waals surface area (Å²) in [5.41, 5.74) is 1.06. The number of likely N-dealkylation sites (N-methyl/N-ethyl adjacent to an activating group) is 2. The molecule has 0 saturated carbocycles. The summed E-state index contributed by atoms with van der Waals surface area (Å²) < 4.78 is 11.0. The highest BCUT2D eigenvalue weighted by molar-refractivity contribution is 5.96. The van der Waals surface area contributed by atoms with Gasteiger partial charge in [-0.05, 0) is 63.9 Å². The van der Waals surface area contributed by atoms with Gasteiger partial charge in [0.25, 0.3) is 5.91 Å². The number of amides is 5. The Bertz CT molecular complexity index is 1460. The number of cyclic esters (lactones) is 2. The Morgan fingerprint density at radius 1 is 0.849 bits per heavy atom. The van der Waals surface area contributed by atoms with E-state index in [4.69, 9.17) is 9.47 Å². The fraction of sp³-hybridized carbons (Fsp3) is 0.615. The number of hydrogen-bond acceptors (Lipinski definition) is 9. The van der Waals surface area contributed by atoms with Gasteiger partial charge >= 0.3 is 11.9 Å². The zero-order chi connectivity index (χ0) is 39.8. The van der Waals surface area contributed by atoms with E-state index in [1.54, 1.807) is 32.1 Å². The normalized spacial score (nSPS) is 26.1. The lowest BCUT2D eigenvalue weighted by molar-refractivity contribution is -0.154. The molecule has 1 aliphatic heterocycles. The summed E-state index contributed by atoms with van der Waals surface area (Å²) in [5.74, 6) is -4.58. The standard InChI is InChI=1S/C39H59N5O9/c1-10-25(4)33-35(47)41-28(7)39(51)52-20-16-12-13-17-26(5)38(50)53-31(21-24(2)3)34(46)40-27(6)36(48)44(9)30(22-29-18-14-11-15-19-29)37(49)43(8)23-32(45)42-33/h11,14-15,17-19,24-25,27-28,30-31,33H,10,12-13,16,20-23H2,1-9H3,(H,40,46)(H,41,47)(H,42,45)/b26-17+/t25?,27-,28+,30+,31+,33?/m0/s1. The molecule has 0 aliphatic carbocycles.